The van der Waals surface area contributed by atoms with Crippen LogP contribution in [0, 0.1) is 0 Å². The molecule has 4 nitrogen and oxygen atoms in total. The summed E-state index contributed by atoms with van der Waals surface area (Å²) in [5, 5.41) is 12.7. The Bertz CT molecular complexity index is 265. The number of hydrogen-bond donors (Lipinski definition) is 3. The van der Waals surface area contributed by atoms with Gasteiger partial charge in [-0.2, -0.15) is 0 Å². The van der Waals surface area contributed by atoms with Gasteiger partial charge in [-0.25, -0.2) is 4.98 Å². The van der Waals surface area contributed by atoms with E-state index in [4.69, 9.17) is 5.73 Å². The normalized spacial score (nSPS) is 12.8. The van der Waals surface area contributed by atoms with Gasteiger partial charge in [0, 0.05) is 18.3 Å². The zero-order valence-electron chi connectivity index (χ0n) is 7.70. The van der Waals surface area contributed by atoms with E-state index in [0.717, 1.165) is 6.54 Å². The number of aromatic nitrogens is 1. The van der Waals surface area contributed by atoms with Crippen LogP contribution in [0.25, 0.3) is 0 Å². The maximum Gasteiger partial charge on any atom is 0.129 e. The van der Waals surface area contributed by atoms with Crippen LogP contribution in [0.15, 0.2) is 18.3 Å². The number of aliphatic hydroxyl groups excluding tert-OH is 1. The first-order chi connectivity index (χ1) is 6.25. The minimum absolute atomic E-state index is 0.396. The van der Waals surface area contributed by atoms with Gasteiger partial charge in [0.2, 0.25) is 0 Å². The average Bonchev–Trinajstić information content (AvgIpc) is 2.15. The molecular formula is C9H15N3O. The Labute approximate surface area is 77.8 Å². The van der Waals surface area contributed by atoms with E-state index in [1.807, 2.05) is 6.92 Å². The average molecular weight is 181 g/mol. The van der Waals surface area contributed by atoms with Gasteiger partial charge in [0.1, 0.15) is 5.82 Å². The maximum atomic E-state index is 9.65. The van der Waals surface area contributed by atoms with E-state index < -0.39 is 6.10 Å². The van der Waals surface area contributed by atoms with E-state index in [1.165, 1.54) is 0 Å². The molecule has 1 atom stereocenters. The van der Waals surface area contributed by atoms with Gasteiger partial charge in [0.15, 0.2) is 0 Å². The smallest absolute Gasteiger partial charge is 0.129 e. The molecule has 0 saturated carbocycles. The minimum Gasteiger partial charge on any atom is -0.387 e. The lowest BCUT2D eigenvalue weighted by Gasteiger charge is -2.12. The first-order valence-electron chi connectivity index (χ1n) is 4.35. The zero-order chi connectivity index (χ0) is 9.68. The lowest BCUT2D eigenvalue weighted by molar-refractivity contribution is 0.176. The summed E-state index contributed by atoms with van der Waals surface area (Å²) >= 11 is 0. The number of hydrogen-bond acceptors (Lipinski definition) is 4. The van der Waals surface area contributed by atoms with Crippen LogP contribution in [0.3, 0.4) is 0 Å². The fraction of sp³-hybridized carbons (Fsp3) is 0.444. The van der Waals surface area contributed by atoms with E-state index in [1.54, 1.807) is 18.3 Å². The number of rotatable bonds is 4. The standard InChI is InChI=1S/C9H15N3O/c1-2-11-6-8(13)7-4-3-5-12-9(7)10/h3-5,8,11,13H,2,6H2,1H3,(H2,10,12). The molecule has 1 rings (SSSR count). The van der Waals surface area contributed by atoms with Gasteiger partial charge in [-0.1, -0.05) is 13.0 Å². The highest BCUT2D eigenvalue weighted by Crippen LogP contribution is 2.16. The summed E-state index contributed by atoms with van der Waals surface area (Å²) in [6.45, 7) is 3.32. The molecular weight excluding hydrogens is 166 g/mol. The molecule has 4 heteroatoms. The Balaban J connectivity index is 2.65. The molecule has 0 saturated heterocycles. The van der Waals surface area contributed by atoms with Crippen molar-refractivity contribution in [3.05, 3.63) is 23.9 Å². The van der Waals surface area contributed by atoms with Crippen molar-refractivity contribution in [2.24, 2.45) is 0 Å². The Morgan fingerprint density at radius 3 is 3.08 bits per heavy atom. The van der Waals surface area contributed by atoms with E-state index in [2.05, 4.69) is 10.3 Å². The van der Waals surface area contributed by atoms with E-state index >= 15 is 0 Å². The van der Waals surface area contributed by atoms with Crippen molar-refractivity contribution in [3.8, 4) is 0 Å². The van der Waals surface area contributed by atoms with Crippen molar-refractivity contribution in [3.63, 3.8) is 0 Å². The van der Waals surface area contributed by atoms with Gasteiger partial charge >= 0.3 is 0 Å². The maximum absolute atomic E-state index is 9.65. The van der Waals surface area contributed by atoms with Gasteiger partial charge in [-0.15, -0.1) is 0 Å². The SMILES string of the molecule is CCNCC(O)c1cccnc1N. The molecule has 0 bridgehead atoms. The van der Waals surface area contributed by atoms with Gasteiger partial charge in [-0.05, 0) is 12.6 Å². The number of likely N-dealkylation sites (N-methyl/N-ethyl adjacent to an activating group) is 1. The molecule has 1 unspecified atom stereocenters. The van der Waals surface area contributed by atoms with Crippen molar-refractivity contribution in [2.75, 3.05) is 18.8 Å². The summed E-state index contributed by atoms with van der Waals surface area (Å²) in [6, 6.07) is 3.55. The Morgan fingerprint density at radius 1 is 1.69 bits per heavy atom. The van der Waals surface area contributed by atoms with E-state index in [9.17, 15) is 5.11 Å². The van der Waals surface area contributed by atoms with Crippen LogP contribution in [0.1, 0.15) is 18.6 Å². The first kappa shape index (κ1) is 9.95. The molecule has 0 amide bonds. The van der Waals surface area contributed by atoms with Gasteiger partial charge < -0.3 is 16.2 Å². The van der Waals surface area contributed by atoms with Gasteiger partial charge in [0.25, 0.3) is 0 Å². The lowest BCUT2D eigenvalue weighted by Crippen LogP contribution is -2.21. The molecule has 72 valence electrons. The number of nitrogens with zero attached hydrogens (tertiary/aromatic N) is 1. The predicted octanol–water partition coefficient (Wildman–Crippen LogP) is 0.307. The molecule has 0 aliphatic rings. The molecule has 0 aromatic carbocycles. The quantitative estimate of drug-likeness (QED) is 0.625. The topological polar surface area (TPSA) is 71.2 Å². The van der Waals surface area contributed by atoms with Crippen LogP contribution < -0.4 is 11.1 Å². The summed E-state index contributed by atoms with van der Waals surface area (Å²) in [5.74, 6) is 0.396. The number of pyridine rings is 1. The number of nitrogens with two attached hydrogens (primary N) is 1. The molecule has 0 spiro atoms. The van der Waals surface area contributed by atoms with Crippen molar-refractivity contribution in [1.82, 2.24) is 10.3 Å². The summed E-state index contributed by atoms with van der Waals surface area (Å²) in [6.07, 6.45) is 1.03. The lowest BCUT2D eigenvalue weighted by atomic mass is 10.1. The second-order valence-corrected chi connectivity index (χ2v) is 2.80. The highest BCUT2D eigenvalue weighted by Gasteiger charge is 2.09. The molecule has 1 heterocycles. The fourth-order valence-electron chi connectivity index (χ4n) is 1.10. The summed E-state index contributed by atoms with van der Waals surface area (Å²) in [4.78, 5) is 3.90. The number of nitrogen functional groups attached to an aromatic ring is 1. The molecule has 0 aliphatic carbocycles. The van der Waals surface area contributed by atoms with Crippen molar-refractivity contribution in [1.29, 1.82) is 0 Å². The number of anilines is 1. The number of nitrogens with one attached hydrogen (secondary N) is 1. The van der Waals surface area contributed by atoms with Gasteiger partial charge in [-0.3, -0.25) is 0 Å². The van der Waals surface area contributed by atoms with Gasteiger partial charge in [0.05, 0.1) is 6.10 Å². The third-order valence-corrected chi connectivity index (χ3v) is 1.82. The summed E-state index contributed by atoms with van der Waals surface area (Å²) < 4.78 is 0. The first-order valence-corrected chi connectivity index (χ1v) is 4.35. The third kappa shape index (κ3) is 2.68. The van der Waals surface area contributed by atoms with Crippen LogP contribution in [0.4, 0.5) is 5.82 Å². The largest absolute Gasteiger partial charge is 0.387 e. The number of aliphatic hydroxyl groups is 1. The zero-order valence-corrected chi connectivity index (χ0v) is 7.70. The minimum atomic E-state index is -0.575. The summed E-state index contributed by atoms with van der Waals surface area (Å²) in [7, 11) is 0. The molecule has 4 N–H and O–H groups in total. The predicted molar refractivity (Wildman–Crippen MR) is 52.2 cm³/mol. The van der Waals surface area contributed by atoms with Crippen molar-refractivity contribution in [2.45, 2.75) is 13.0 Å². The van der Waals surface area contributed by atoms with Crippen LogP contribution in [0.5, 0.6) is 0 Å². The molecule has 13 heavy (non-hydrogen) atoms. The monoisotopic (exact) mass is 181 g/mol. The molecule has 1 aromatic heterocycles. The van der Waals surface area contributed by atoms with E-state index in [0.29, 0.717) is 17.9 Å². The van der Waals surface area contributed by atoms with Crippen LogP contribution in [0.2, 0.25) is 0 Å². The Morgan fingerprint density at radius 2 is 2.46 bits per heavy atom. The molecule has 0 fully saturated rings. The second-order valence-electron chi connectivity index (χ2n) is 2.80. The van der Waals surface area contributed by atoms with Crippen molar-refractivity contribution >= 4 is 5.82 Å². The summed E-state index contributed by atoms with van der Waals surface area (Å²) in [5.41, 5.74) is 6.28. The highest BCUT2D eigenvalue weighted by molar-refractivity contribution is 5.40. The molecule has 0 radical (unpaired) electrons. The highest BCUT2D eigenvalue weighted by atomic mass is 16.3. The molecule has 1 aromatic rings. The molecule has 0 aliphatic heterocycles. The van der Waals surface area contributed by atoms with Crippen LogP contribution in [-0.4, -0.2) is 23.2 Å². The Hall–Kier alpha value is -1.13. The van der Waals surface area contributed by atoms with Crippen LogP contribution >= 0.6 is 0 Å². The Kier molecular flexibility index (Phi) is 3.67. The third-order valence-electron chi connectivity index (χ3n) is 1.82. The fourth-order valence-corrected chi connectivity index (χ4v) is 1.10. The van der Waals surface area contributed by atoms with Crippen molar-refractivity contribution < 1.29 is 5.11 Å². The van der Waals surface area contributed by atoms with Crippen LogP contribution in [-0.2, 0) is 0 Å². The second kappa shape index (κ2) is 4.79. The van der Waals surface area contributed by atoms with E-state index in [-0.39, 0.29) is 0 Å².